The fourth-order valence-corrected chi connectivity index (χ4v) is 13.1. The van der Waals surface area contributed by atoms with Crippen LogP contribution in [0.25, 0.3) is 10.6 Å². The molecule has 45 heavy (non-hydrogen) atoms. The number of ether oxygens (including phenoxy) is 1. The molecule has 3 heterocycles. The van der Waals surface area contributed by atoms with Gasteiger partial charge in [0, 0.05) is 17.0 Å². The van der Waals surface area contributed by atoms with Gasteiger partial charge in [0.25, 0.3) is 0 Å². The normalized spacial score (nSPS) is 46.5. The first-order valence-corrected chi connectivity index (χ1v) is 18.3. The van der Waals surface area contributed by atoms with Crippen molar-refractivity contribution in [2.45, 2.75) is 112 Å². The maximum absolute atomic E-state index is 13.4. The number of carboxylic acid groups (broad SMARTS) is 1. The Balaban J connectivity index is 1.36. The van der Waals surface area contributed by atoms with E-state index in [9.17, 15) is 15.0 Å². The second-order valence-corrected chi connectivity index (χ2v) is 18.0. The van der Waals surface area contributed by atoms with Crippen LogP contribution in [0.3, 0.4) is 0 Å². The molecule has 0 aromatic carbocycles. The molecule has 2 bridgehead atoms. The number of aromatic nitrogens is 2. The van der Waals surface area contributed by atoms with Crippen molar-refractivity contribution >= 4 is 17.3 Å². The molecule has 246 valence electrons. The van der Waals surface area contributed by atoms with Gasteiger partial charge in [-0.05, 0) is 103 Å². The highest BCUT2D eigenvalue weighted by Crippen LogP contribution is 2.76. The third-order valence-electron chi connectivity index (χ3n) is 15.4. The Kier molecular flexibility index (Phi) is 7.22. The molecule has 1 aliphatic heterocycles. The molecule has 0 radical (unpaired) electrons. The highest BCUT2D eigenvalue weighted by Gasteiger charge is 2.72. The molecule has 7 heteroatoms. The molecule has 3 saturated carbocycles. The summed E-state index contributed by atoms with van der Waals surface area (Å²) < 4.78 is 8.83. The number of aliphatic hydroxyl groups excluding tert-OH is 1. The van der Waals surface area contributed by atoms with E-state index in [4.69, 9.17) is 9.84 Å². The number of carboxylic acids is 1. The van der Waals surface area contributed by atoms with Gasteiger partial charge in [-0.2, -0.15) is 5.10 Å². The monoisotopic (exact) mass is 634 g/mol. The highest BCUT2D eigenvalue weighted by atomic mass is 32.1. The summed E-state index contributed by atoms with van der Waals surface area (Å²) in [5.41, 5.74) is 1.20. The predicted molar refractivity (Wildman–Crippen MR) is 179 cm³/mol. The lowest BCUT2D eigenvalue weighted by Gasteiger charge is -2.72. The van der Waals surface area contributed by atoms with Crippen LogP contribution in [0.1, 0.15) is 100.0 Å². The quantitative estimate of drug-likeness (QED) is 0.322. The Bertz CT molecular complexity index is 1500. The van der Waals surface area contributed by atoms with Crippen LogP contribution >= 0.6 is 11.3 Å². The van der Waals surface area contributed by atoms with E-state index >= 15 is 0 Å². The van der Waals surface area contributed by atoms with Crippen LogP contribution in [0.5, 0.6) is 0 Å². The summed E-state index contributed by atoms with van der Waals surface area (Å²) in [4.78, 5) is 14.6. The van der Waals surface area contributed by atoms with Crippen molar-refractivity contribution < 1.29 is 19.7 Å². The minimum Gasteiger partial charge on any atom is -0.481 e. The number of aliphatic hydroxyl groups is 1. The van der Waals surface area contributed by atoms with Gasteiger partial charge in [-0.25, -0.2) is 0 Å². The summed E-state index contributed by atoms with van der Waals surface area (Å²) in [5.74, 6) is 0.328. The zero-order chi connectivity index (χ0) is 32.3. The third kappa shape index (κ3) is 3.93. The summed E-state index contributed by atoms with van der Waals surface area (Å²) in [7, 11) is 0. The molecule has 2 aromatic rings. The Morgan fingerprint density at radius 1 is 1.11 bits per heavy atom. The molecule has 5 aliphatic rings. The smallest absolute Gasteiger partial charge is 0.307 e. The average Bonchev–Trinajstić information content (AvgIpc) is 3.70. The van der Waals surface area contributed by atoms with Crippen LogP contribution in [0.15, 0.2) is 41.4 Å². The van der Waals surface area contributed by atoms with E-state index in [0.717, 1.165) is 44.2 Å². The minimum absolute atomic E-state index is 0.0124. The second-order valence-electron chi connectivity index (χ2n) is 17.0. The fourth-order valence-electron chi connectivity index (χ4n) is 12.4. The largest absolute Gasteiger partial charge is 0.481 e. The molecule has 1 unspecified atom stereocenters. The summed E-state index contributed by atoms with van der Waals surface area (Å²) in [6.45, 7) is 18.9. The Morgan fingerprint density at radius 3 is 2.53 bits per heavy atom. The summed E-state index contributed by atoms with van der Waals surface area (Å²) in [6.07, 6.45) is 9.46. The molecular formula is C38H54N2O4S. The summed E-state index contributed by atoms with van der Waals surface area (Å²) in [5, 5.41) is 30.2. The zero-order valence-electron chi connectivity index (χ0n) is 28.5. The lowest BCUT2D eigenvalue weighted by Crippen LogP contribution is -2.70. The van der Waals surface area contributed by atoms with Gasteiger partial charge in [0.2, 0.25) is 0 Å². The molecule has 4 fully saturated rings. The number of hydrogen-bond acceptors (Lipinski definition) is 5. The van der Waals surface area contributed by atoms with Crippen LogP contribution in [0, 0.1) is 56.7 Å². The molecule has 0 spiro atoms. The lowest BCUT2D eigenvalue weighted by molar-refractivity contribution is -0.263. The van der Waals surface area contributed by atoms with Gasteiger partial charge in [-0.15, -0.1) is 11.3 Å². The SMILES string of the molecule is CC(C)[C@@H](C)[C@@]1(C)CC[C@]2(C)[C@H]3CC[C@H]4[C@@]5(C)CO[C@@H](C)[C@@]4(CC(n4nccc4-c4cccs4)[C@@H]5O)C3=CC[C@@]2(C)[C@@H]1C(=O)O. The molecule has 4 aliphatic carbocycles. The molecule has 6 nitrogen and oxygen atoms in total. The van der Waals surface area contributed by atoms with Crippen LogP contribution in [0.2, 0.25) is 0 Å². The summed E-state index contributed by atoms with van der Waals surface area (Å²) in [6, 6.07) is 6.13. The number of aliphatic carboxylic acids is 1. The van der Waals surface area contributed by atoms with E-state index in [0.29, 0.717) is 30.3 Å². The van der Waals surface area contributed by atoms with E-state index in [1.807, 2.05) is 6.20 Å². The van der Waals surface area contributed by atoms with Crippen LogP contribution in [-0.4, -0.2) is 44.8 Å². The molecule has 1 saturated heterocycles. The van der Waals surface area contributed by atoms with E-state index in [-0.39, 0.29) is 33.8 Å². The molecule has 0 amide bonds. The van der Waals surface area contributed by atoms with Crippen molar-refractivity contribution in [1.82, 2.24) is 9.78 Å². The molecular weight excluding hydrogens is 580 g/mol. The first kappa shape index (κ1) is 31.6. The Morgan fingerprint density at radius 2 is 1.87 bits per heavy atom. The van der Waals surface area contributed by atoms with Gasteiger partial charge in [-0.3, -0.25) is 9.48 Å². The van der Waals surface area contributed by atoms with Gasteiger partial charge in [0.1, 0.15) is 0 Å². The van der Waals surface area contributed by atoms with E-state index in [1.54, 1.807) is 11.3 Å². The number of thiophene rings is 1. The van der Waals surface area contributed by atoms with Crippen LogP contribution in [-0.2, 0) is 9.53 Å². The molecule has 7 rings (SSSR count). The lowest BCUT2D eigenvalue weighted by atomic mass is 9.33. The van der Waals surface area contributed by atoms with E-state index in [2.05, 4.69) is 89.7 Å². The number of carbonyl (C=O) groups is 1. The fraction of sp³-hybridized carbons (Fsp3) is 0.737. The molecule has 2 N–H and O–H groups in total. The van der Waals surface area contributed by atoms with Crippen LogP contribution < -0.4 is 0 Å². The average molecular weight is 635 g/mol. The zero-order valence-corrected chi connectivity index (χ0v) is 29.4. The maximum atomic E-state index is 13.4. The van der Waals surface area contributed by atoms with E-state index in [1.165, 1.54) is 10.5 Å². The molecule has 12 atom stereocenters. The van der Waals surface area contributed by atoms with Crippen LogP contribution in [0.4, 0.5) is 0 Å². The van der Waals surface area contributed by atoms with Crippen molar-refractivity contribution in [3.8, 4) is 10.6 Å². The maximum Gasteiger partial charge on any atom is 0.307 e. The van der Waals surface area contributed by atoms with Crippen molar-refractivity contribution in [1.29, 1.82) is 0 Å². The van der Waals surface area contributed by atoms with E-state index < -0.39 is 23.4 Å². The summed E-state index contributed by atoms with van der Waals surface area (Å²) >= 11 is 1.71. The first-order valence-electron chi connectivity index (χ1n) is 17.5. The van der Waals surface area contributed by atoms with Gasteiger partial charge in [0.05, 0.1) is 41.3 Å². The Labute approximate surface area is 273 Å². The Hall–Kier alpha value is -1.96. The van der Waals surface area contributed by atoms with Crippen molar-refractivity contribution in [2.75, 3.05) is 6.61 Å². The number of nitrogens with zero attached hydrogens (tertiary/aromatic N) is 2. The topological polar surface area (TPSA) is 84.6 Å². The van der Waals surface area contributed by atoms with Gasteiger partial charge in [-0.1, -0.05) is 66.2 Å². The van der Waals surface area contributed by atoms with Gasteiger partial charge in [0.15, 0.2) is 0 Å². The van der Waals surface area contributed by atoms with Crippen molar-refractivity contribution in [3.63, 3.8) is 0 Å². The van der Waals surface area contributed by atoms with Gasteiger partial charge < -0.3 is 14.9 Å². The second kappa shape index (κ2) is 10.3. The number of rotatable bonds is 5. The standard InChI is InChI=1S/C38H54N2O4S/c1-22(2)23(3)34(5)16-17-36(7)25-11-12-30-35(6)21-44-24(4)38(30,26(25)13-15-37(36,8)31(34)33(42)43)20-28(32(35)41)40-27(14-18-39-40)29-10-9-19-45-29/h9-10,13-14,18-19,22-25,28,30-32,41H,11-12,15-17,20-21H2,1-8H3,(H,42,43)/t23-,24+,25+,28?,30+,31-,32+,34-,35-,36-,37+,38+/m1/s1. The first-order chi connectivity index (χ1) is 21.2. The number of hydrogen-bond donors (Lipinski definition) is 2. The highest BCUT2D eigenvalue weighted by molar-refractivity contribution is 7.13. The molecule has 2 aromatic heterocycles. The minimum atomic E-state index is -0.621. The van der Waals surface area contributed by atoms with Crippen molar-refractivity contribution in [3.05, 3.63) is 41.4 Å². The predicted octanol–water partition coefficient (Wildman–Crippen LogP) is 8.49. The third-order valence-corrected chi connectivity index (χ3v) is 16.3. The number of fused-ring (bicyclic) bond motifs is 3. The number of allylic oxidation sites excluding steroid dienone is 1. The van der Waals surface area contributed by atoms with Gasteiger partial charge >= 0.3 is 5.97 Å². The van der Waals surface area contributed by atoms with Crippen molar-refractivity contribution in [2.24, 2.45) is 56.7 Å².